The molecule has 7 nitrogen and oxygen atoms in total. The van der Waals surface area contributed by atoms with E-state index in [0.717, 1.165) is 9.78 Å². The molecule has 2 aromatic carbocycles. The second-order valence-corrected chi connectivity index (χ2v) is 14.3. The number of aromatic hydroxyl groups is 1. The number of hydrogen-bond acceptors (Lipinski definition) is 6. The molecule has 2 aliphatic heterocycles. The van der Waals surface area contributed by atoms with Gasteiger partial charge in [-0.1, -0.05) is 35.9 Å². The molecule has 244 valence electrons. The fourth-order valence-corrected chi connectivity index (χ4v) is 9.23. The average molecular weight is 711 g/mol. The van der Waals surface area contributed by atoms with E-state index >= 15 is 8.78 Å². The van der Waals surface area contributed by atoms with Crippen molar-refractivity contribution in [1.82, 2.24) is 4.90 Å². The number of carbonyl (C=O) groups is 4. The lowest BCUT2D eigenvalue weighted by atomic mass is 9.56. The third kappa shape index (κ3) is 4.02. The number of para-hydroxylation sites is 1. The molecule has 6 unspecified atom stereocenters. The number of nitrogens with zero attached hydrogens (tertiary/aromatic N) is 2. The normalized spacial score (nSPS) is 30.1. The molecule has 2 aliphatic carbocycles. The molecule has 0 spiro atoms. The number of carbonyl (C=O) groups excluding carboxylic acids is 4. The molecule has 2 saturated heterocycles. The van der Waals surface area contributed by atoms with E-state index in [0.29, 0.717) is 5.56 Å². The minimum atomic E-state index is -2.70. The number of imide groups is 2. The number of likely N-dealkylation sites (tertiary alicyclic amines) is 1. The topological polar surface area (TPSA) is 95.0 Å². The molecule has 6 atom stereocenters. The van der Waals surface area contributed by atoms with Gasteiger partial charge in [-0.3, -0.25) is 24.1 Å². The number of aryl methyl sites for hydroxylation is 1. The van der Waals surface area contributed by atoms with E-state index in [1.807, 2.05) is 0 Å². The lowest BCUT2D eigenvalue weighted by molar-refractivity contribution is -0.141. The van der Waals surface area contributed by atoms with Crippen LogP contribution >= 0.6 is 34.5 Å². The third-order valence-corrected chi connectivity index (χ3v) is 12.1. The molecule has 7 rings (SSSR count). The van der Waals surface area contributed by atoms with E-state index < -0.39 is 98.2 Å². The van der Waals surface area contributed by atoms with Crippen LogP contribution in [0.2, 0.25) is 0 Å². The van der Waals surface area contributed by atoms with E-state index in [9.17, 15) is 37.5 Å². The van der Waals surface area contributed by atoms with E-state index in [-0.39, 0.29) is 34.8 Å². The largest absolute Gasteiger partial charge is 0.507 e. The van der Waals surface area contributed by atoms with Gasteiger partial charge in [-0.25, -0.2) is 26.9 Å². The number of phenolic OH excluding ortho intramolecular Hbond substituents is 1. The summed E-state index contributed by atoms with van der Waals surface area (Å²) < 4.78 is 73.0. The maximum atomic E-state index is 15.1. The molecule has 3 fully saturated rings. The first kappa shape index (κ1) is 31.8. The number of rotatable bonds is 4. The number of alkyl halides is 2. The van der Waals surface area contributed by atoms with Crippen molar-refractivity contribution in [2.75, 3.05) is 4.90 Å². The Hall–Kier alpha value is -3.81. The summed E-state index contributed by atoms with van der Waals surface area (Å²) in [6.45, 7) is 1.52. The van der Waals surface area contributed by atoms with Crippen molar-refractivity contribution in [3.05, 3.63) is 92.5 Å². The number of phenols is 1. The first-order valence-electron chi connectivity index (χ1n) is 14.3. The summed E-state index contributed by atoms with van der Waals surface area (Å²) in [7, 11) is 0. The van der Waals surface area contributed by atoms with Gasteiger partial charge in [0.1, 0.15) is 11.4 Å². The van der Waals surface area contributed by atoms with Crippen LogP contribution in [0.25, 0.3) is 0 Å². The van der Waals surface area contributed by atoms with Gasteiger partial charge in [0.25, 0.3) is 11.8 Å². The second kappa shape index (κ2) is 10.6. The Kier molecular flexibility index (Phi) is 7.16. The molecule has 3 aromatic rings. The highest BCUT2D eigenvalue weighted by molar-refractivity contribution is 7.09. The first-order chi connectivity index (χ1) is 22.2. The molecule has 4 aliphatic rings. The van der Waals surface area contributed by atoms with Gasteiger partial charge < -0.3 is 5.11 Å². The maximum Gasteiger partial charge on any atom is 0.258 e. The summed E-state index contributed by atoms with van der Waals surface area (Å²) in [6.07, 6.45) is 0.977. The van der Waals surface area contributed by atoms with Crippen LogP contribution in [0.1, 0.15) is 34.8 Å². The van der Waals surface area contributed by atoms with Crippen molar-refractivity contribution in [3.8, 4) is 5.75 Å². The van der Waals surface area contributed by atoms with Crippen LogP contribution in [0.4, 0.5) is 27.6 Å². The van der Waals surface area contributed by atoms with Gasteiger partial charge in [0, 0.05) is 16.4 Å². The summed E-state index contributed by atoms with van der Waals surface area (Å²) in [4.78, 5) is 52.3. The number of thiophene rings is 1. The molecular formula is C32H21Cl2F5N2O5S. The summed E-state index contributed by atoms with van der Waals surface area (Å²) in [6, 6.07) is 7.93. The van der Waals surface area contributed by atoms with Crippen LogP contribution in [0.15, 0.2) is 47.4 Å². The van der Waals surface area contributed by atoms with E-state index in [2.05, 4.69) is 0 Å². The number of halogens is 7. The molecule has 1 saturated carbocycles. The van der Waals surface area contributed by atoms with Gasteiger partial charge in [-0.05, 0) is 42.7 Å². The van der Waals surface area contributed by atoms with Gasteiger partial charge in [-0.15, -0.1) is 34.5 Å². The molecular weight excluding hydrogens is 690 g/mol. The number of allylic oxidation sites excluding steroid dienone is 2. The van der Waals surface area contributed by atoms with Gasteiger partial charge >= 0.3 is 0 Å². The standard InChI is InChI=1S/C32H21Cl2F5N2O5S/c1-12-4-2-6-16(26(12)42)19-14-7-8-15-18(28(44)40(27(15)43)11-13-5-3-9-47-13)17(14)10-31(33)29(45)41(30(46)32(19,31)34)25-23(38)21(36)20(35)22(37)24(25)39/h2-7,9,15,17-19,42H,8,10-11H2,1H3. The Morgan fingerprint density at radius 2 is 1.55 bits per heavy atom. The second-order valence-electron chi connectivity index (χ2n) is 12.0. The van der Waals surface area contributed by atoms with Gasteiger partial charge in [0.05, 0.1) is 18.4 Å². The van der Waals surface area contributed by atoms with Crippen LogP contribution in [0, 0.1) is 53.8 Å². The van der Waals surface area contributed by atoms with Crippen molar-refractivity contribution in [1.29, 1.82) is 0 Å². The van der Waals surface area contributed by atoms with Crippen LogP contribution in [-0.4, -0.2) is 43.4 Å². The van der Waals surface area contributed by atoms with Gasteiger partial charge in [0.2, 0.25) is 17.6 Å². The molecule has 3 heterocycles. The quantitative estimate of drug-likeness (QED) is 0.0867. The van der Waals surface area contributed by atoms with Gasteiger partial charge in [-0.2, -0.15) is 0 Å². The summed E-state index contributed by atoms with van der Waals surface area (Å²) in [5.41, 5.74) is -1.32. The van der Waals surface area contributed by atoms with Gasteiger partial charge in [0.15, 0.2) is 33.0 Å². The first-order valence-corrected chi connectivity index (χ1v) is 15.9. The zero-order chi connectivity index (χ0) is 33.9. The number of amides is 4. The summed E-state index contributed by atoms with van der Waals surface area (Å²) >= 11 is 15.5. The van der Waals surface area contributed by atoms with E-state index in [1.165, 1.54) is 36.5 Å². The Morgan fingerprint density at radius 1 is 0.894 bits per heavy atom. The van der Waals surface area contributed by atoms with Crippen molar-refractivity contribution in [3.63, 3.8) is 0 Å². The highest BCUT2D eigenvalue weighted by atomic mass is 35.5. The van der Waals surface area contributed by atoms with E-state index in [4.69, 9.17) is 23.2 Å². The number of fused-ring (bicyclic) bond motifs is 4. The molecule has 15 heteroatoms. The Balaban J connectivity index is 1.43. The smallest absolute Gasteiger partial charge is 0.258 e. The van der Waals surface area contributed by atoms with Crippen molar-refractivity contribution in [2.24, 2.45) is 17.8 Å². The average Bonchev–Trinajstić information content (AvgIpc) is 3.68. The summed E-state index contributed by atoms with van der Waals surface area (Å²) in [5, 5.41) is 13.0. The SMILES string of the molecule is Cc1cccc(C2C3=CCC4C(=O)N(Cc5cccs5)C(=O)C4C3CC3(Cl)C(=O)N(c4c(F)c(F)c(F)c(F)c4F)C(=O)C23Cl)c1O. The number of benzene rings is 2. The van der Waals surface area contributed by atoms with Crippen molar-refractivity contribution in [2.45, 2.75) is 42.0 Å². The zero-order valence-corrected chi connectivity index (χ0v) is 26.3. The maximum absolute atomic E-state index is 15.1. The van der Waals surface area contributed by atoms with Crippen LogP contribution in [0.3, 0.4) is 0 Å². The highest BCUT2D eigenvalue weighted by Crippen LogP contribution is 2.66. The van der Waals surface area contributed by atoms with Crippen molar-refractivity contribution >= 4 is 63.9 Å². The monoisotopic (exact) mass is 710 g/mol. The molecule has 0 bridgehead atoms. The van der Waals surface area contributed by atoms with Crippen LogP contribution in [0.5, 0.6) is 5.75 Å². The molecule has 0 radical (unpaired) electrons. The molecule has 4 amide bonds. The minimum absolute atomic E-state index is 0.0105. The predicted octanol–water partition coefficient (Wildman–Crippen LogP) is 6.22. The third-order valence-electron chi connectivity index (χ3n) is 9.79. The Labute approximate surface area is 277 Å². The molecule has 47 heavy (non-hydrogen) atoms. The fourth-order valence-electron chi connectivity index (χ4n) is 7.61. The van der Waals surface area contributed by atoms with Crippen molar-refractivity contribution < 1.29 is 46.2 Å². The molecule has 1 aromatic heterocycles. The summed E-state index contributed by atoms with van der Waals surface area (Å²) in [5.74, 6) is -21.4. The lowest BCUT2D eigenvalue weighted by Crippen LogP contribution is -2.60. The zero-order valence-electron chi connectivity index (χ0n) is 24.0. The highest BCUT2D eigenvalue weighted by Gasteiger charge is 2.77. The predicted molar refractivity (Wildman–Crippen MR) is 159 cm³/mol. The van der Waals surface area contributed by atoms with E-state index in [1.54, 1.807) is 23.6 Å². The van der Waals surface area contributed by atoms with Crippen LogP contribution < -0.4 is 4.90 Å². The fraction of sp³-hybridized carbons (Fsp3) is 0.312. The Morgan fingerprint density at radius 3 is 2.19 bits per heavy atom. The lowest BCUT2D eigenvalue weighted by Gasteiger charge is -2.50. The number of anilines is 1. The van der Waals surface area contributed by atoms with Crippen LogP contribution in [-0.2, 0) is 25.7 Å². The molecule has 1 N–H and O–H groups in total. The minimum Gasteiger partial charge on any atom is -0.507 e. The Bertz CT molecular complexity index is 1950. The number of hydrogen-bond donors (Lipinski definition) is 1.